The van der Waals surface area contributed by atoms with Crippen LogP contribution in [0.5, 0.6) is 0 Å². The van der Waals surface area contributed by atoms with E-state index in [2.05, 4.69) is 41.5 Å². The molecule has 0 aromatic heterocycles. The molecule has 96 valence electrons. The van der Waals surface area contributed by atoms with Gasteiger partial charge >= 0.3 is 0 Å². The van der Waals surface area contributed by atoms with Crippen molar-refractivity contribution in [1.82, 2.24) is 0 Å². The molecule has 1 rings (SSSR count). The van der Waals surface area contributed by atoms with E-state index < -0.39 is 0 Å². The lowest BCUT2D eigenvalue weighted by Crippen LogP contribution is -2.15. The van der Waals surface area contributed by atoms with Crippen LogP contribution in [0.25, 0.3) is 0 Å². The molecule has 1 saturated carbocycles. The van der Waals surface area contributed by atoms with Crippen molar-refractivity contribution in [1.29, 1.82) is 0 Å². The highest BCUT2D eigenvalue weighted by Crippen LogP contribution is 2.47. The molecular weight excluding hydrogens is 192 g/mol. The Bertz CT molecular complexity index is 182. The van der Waals surface area contributed by atoms with Crippen molar-refractivity contribution in [2.75, 3.05) is 0 Å². The maximum atomic E-state index is 2.39. The summed E-state index contributed by atoms with van der Waals surface area (Å²) < 4.78 is 0. The Morgan fingerprint density at radius 2 is 1.50 bits per heavy atom. The van der Waals surface area contributed by atoms with Crippen LogP contribution in [0.3, 0.4) is 0 Å². The van der Waals surface area contributed by atoms with E-state index in [9.17, 15) is 0 Å². The fourth-order valence-corrected chi connectivity index (χ4v) is 3.47. The zero-order valence-corrected chi connectivity index (χ0v) is 12.3. The molecule has 16 heavy (non-hydrogen) atoms. The molecule has 2 atom stereocenters. The highest BCUT2D eigenvalue weighted by molar-refractivity contribution is 4.88. The molecule has 2 unspecified atom stereocenters. The van der Waals surface area contributed by atoms with E-state index in [1.54, 1.807) is 0 Å². The van der Waals surface area contributed by atoms with Gasteiger partial charge in [-0.15, -0.1) is 0 Å². The zero-order valence-electron chi connectivity index (χ0n) is 12.3. The summed E-state index contributed by atoms with van der Waals surface area (Å²) in [6.45, 7) is 14.3. The normalized spacial score (nSPS) is 25.1. The minimum atomic E-state index is 0.861. The zero-order chi connectivity index (χ0) is 12.3. The summed E-state index contributed by atoms with van der Waals surface area (Å²) in [4.78, 5) is 0. The Morgan fingerprint density at radius 3 is 1.88 bits per heavy atom. The highest BCUT2D eigenvalue weighted by atomic mass is 14.4. The van der Waals surface area contributed by atoms with E-state index in [1.165, 1.54) is 25.7 Å². The van der Waals surface area contributed by atoms with Gasteiger partial charge in [-0.05, 0) is 48.3 Å². The molecule has 0 heteroatoms. The minimum absolute atomic E-state index is 0.861. The first kappa shape index (κ1) is 14.1. The first-order valence-electron chi connectivity index (χ1n) is 7.43. The highest BCUT2D eigenvalue weighted by Gasteiger charge is 2.38. The van der Waals surface area contributed by atoms with Crippen LogP contribution in [0.15, 0.2) is 0 Å². The van der Waals surface area contributed by atoms with Gasteiger partial charge in [-0.2, -0.15) is 0 Å². The average Bonchev–Trinajstić information content (AvgIpc) is 2.90. The number of hydrogen-bond acceptors (Lipinski definition) is 0. The molecule has 1 aliphatic rings. The SMILES string of the molecule is CC(C)C(CCCC1CC1C(C)C)C(C)C. The second-order valence-corrected chi connectivity index (χ2v) is 6.99. The Hall–Kier alpha value is 0. The smallest absolute Gasteiger partial charge is 0.0360 e. The van der Waals surface area contributed by atoms with Gasteiger partial charge in [0.05, 0.1) is 0 Å². The maximum absolute atomic E-state index is 2.39. The van der Waals surface area contributed by atoms with Crippen LogP contribution in [0.1, 0.15) is 67.2 Å². The fraction of sp³-hybridized carbons (Fsp3) is 1.00. The first-order chi connectivity index (χ1) is 7.43. The van der Waals surface area contributed by atoms with Crippen molar-refractivity contribution in [3.05, 3.63) is 0 Å². The van der Waals surface area contributed by atoms with Crippen molar-refractivity contribution in [2.45, 2.75) is 67.2 Å². The molecule has 1 fully saturated rings. The number of hydrogen-bond donors (Lipinski definition) is 0. The molecule has 0 heterocycles. The molecule has 0 aromatic carbocycles. The predicted molar refractivity (Wildman–Crippen MR) is 73.5 cm³/mol. The summed E-state index contributed by atoms with van der Waals surface area (Å²) in [5.74, 6) is 5.74. The molecule has 0 N–H and O–H groups in total. The van der Waals surface area contributed by atoms with Crippen LogP contribution >= 0.6 is 0 Å². The Kier molecular flexibility index (Phi) is 5.34. The molecule has 0 aliphatic heterocycles. The average molecular weight is 224 g/mol. The molecule has 0 spiro atoms. The van der Waals surface area contributed by atoms with Crippen LogP contribution < -0.4 is 0 Å². The summed E-state index contributed by atoms with van der Waals surface area (Å²) in [7, 11) is 0. The molecule has 0 saturated heterocycles. The molecule has 1 aliphatic carbocycles. The standard InChI is InChI=1S/C16H32/c1-11(2)15(12(3)4)9-7-8-14-10-16(14)13(5)6/h11-16H,7-10H2,1-6H3. The molecule has 0 amide bonds. The van der Waals surface area contributed by atoms with Gasteiger partial charge in [-0.25, -0.2) is 0 Å². The van der Waals surface area contributed by atoms with Crippen LogP contribution in [-0.4, -0.2) is 0 Å². The van der Waals surface area contributed by atoms with Gasteiger partial charge in [0.1, 0.15) is 0 Å². The third kappa shape index (κ3) is 4.11. The van der Waals surface area contributed by atoms with E-state index >= 15 is 0 Å². The van der Waals surface area contributed by atoms with Crippen molar-refractivity contribution in [2.24, 2.45) is 35.5 Å². The van der Waals surface area contributed by atoms with Gasteiger partial charge < -0.3 is 0 Å². The van der Waals surface area contributed by atoms with Crippen molar-refractivity contribution in [3.8, 4) is 0 Å². The van der Waals surface area contributed by atoms with Gasteiger partial charge in [0, 0.05) is 0 Å². The van der Waals surface area contributed by atoms with Gasteiger partial charge in [-0.3, -0.25) is 0 Å². The molecule has 0 aromatic rings. The van der Waals surface area contributed by atoms with Crippen LogP contribution in [0.4, 0.5) is 0 Å². The Balaban J connectivity index is 2.15. The Morgan fingerprint density at radius 1 is 0.938 bits per heavy atom. The maximum Gasteiger partial charge on any atom is -0.0360 e. The molecule has 0 nitrogen and oxygen atoms in total. The minimum Gasteiger partial charge on any atom is -0.0625 e. The topological polar surface area (TPSA) is 0 Å². The van der Waals surface area contributed by atoms with E-state index in [-0.39, 0.29) is 0 Å². The predicted octanol–water partition coefficient (Wildman–Crippen LogP) is 5.38. The summed E-state index contributed by atoms with van der Waals surface area (Å²) >= 11 is 0. The monoisotopic (exact) mass is 224 g/mol. The van der Waals surface area contributed by atoms with E-state index in [0.717, 1.165) is 35.5 Å². The largest absolute Gasteiger partial charge is 0.0625 e. The molecule has 0 radical (unpaired) electrons. The summed E-state index contributed by atoms with van der Waals surface area (Å²) in [6.07, 6.45) is 5.94. The lowest BCUT2D eigenvalue weighted by molar-refractivity contribution is 0.259. The third-order valence-corrected chi connectivity index (χ3v) is 4.66. The first-order valence-corrected chi connectivity index (χ1v) is 7.43. The second kappa shape index (κ2) is 6.07. The summed E-state index contributed by atoms with van der Waals surface area (Å²) in [6, 6.07) is 0. The van der Waals surface area contributed by atoms with Gasteiger partial charge in [-0.1, -0.05) is 54.4 Å². The molecular formula is C16H32. The van der Waals surface area contributed by atoms with Gasteiger partial charge in [0.15, 0.2) is 0 Å². The fourth-order valence-electron chi connectivity index (χ4n) is 3.47. The van der Waals surface area contributed by atoms with Gasteiger partial charge in [0.25, 0.3) is 0 Å². The summed E-state index contributed by atoms with van der Waals surface area (Å²) in [5, 5.41) is 0. The molecule has 0 bridgehead atoms. The van der Waals surface area contributed by atoms with Crippen LogP contribution in [0.2, 0.25) is 0 Å². The van der Waals surface area contributed by atoms with E-state index in [4.69, 9.17) is 0 Å². The lowest BCUT2D eigenvalue weighted by atomic mass is 9.81. The van der Waals surface area contributed by atoms with Crippen LogP contribution in [0, 0.1) is 35.5 Å². The van der Waals surface area contributed by atoms with E-state index in [1.807, 2.05) is 0 Å². The van der Waals surface area contributed by atoms with Crippen molar-refractivity contribution in [3.63, 3.8) is 0 Å². The van der Waals surface area contributed by atoms with Crippen molar-refractivity contribution < 1.29 is 0 Å². The third-order valence-electron chi connectivity index (χ3n) is 4.66. The van der Waals surface area contributed by atoms with Crippen molar-refractivity contribution >= 4 is 0 Å². The quantitative estimate of drug-likeness (QED) is 0.545. The van der Waals surface area contributed by atoms with Crippen LogP contribution in [-0.2, 0) is 0 Å². The lowest BCUT2D eigenvalue weighted by Gasteiger charge is -2.24. The summed E-state index contributed by atoms with van der Waals surface area (Å²) in [5.41, 5.74) is 0. The van der Waals surface area contributed by atoms with E-state index in [0.29, 0.717) is 0 Å². The second-order valence-electron chi connectivity index (χ2n) is 6.99. The van der Waals surface area contributed by atoms with Gasteiger partial charge in [0.2, 0.25) is 0 Å². The number of rotatable bonds is 7. The Labute approximate surface area is 103 Å².